The van der Waals surface area contributed by atoms with Crippen LogP contribution in [0.4, 0.5) is 5.95 Å². The molecule has 2 aromatic rings. The molecule has 0 atom stereocenters. The lowest BCUT2D eigenvalue weighted by atomic mass is 10.2. The molecule has 0 aliphatic carbocycles. The summed E-state index contributed by atoms with van der Waals surface area (Å²) < 4.78 is 10.9. The van der Waals surface area contributed by atoms with Gasteiger partial charge < -0.3 is 24.6 Å². The number of anilines is 1. The van der Waals surface area contributed by atoms with Crippen molar-refractivity contribution in [3.63, 3.8) is 0 Å². The van der Waals surface area contributed by atoms with Crippen molar-refractivity contribution in [2.45, 2.75) is 19.9 Å². The third kappa shape index (κ3) is 8.13. The summed E-state index contributed by atoms with van der Waals surface area (Å²) in [5.41, 5.74) is 1.13. The first-order valence-electron chi connectivity index (χ1n) is 10.6. The highest BCUT2D eigenvalue weighted by atomic mass is 127. The molecular weight excluding hydrogens is 507 g/mol. The van der Waals surface area contributed by atoms with E-state index >= 15 is 0 Å². The Morgan fingerprint density at radius 1 is 1.10 bits per heavy atom. The summed E-state index contributed by atoms with van der Waals surface area (Å²) in [6.45, 7) is 8.41. The minimum atomic E-state index is 0. The Bertz CT molecular complexity index is 785. The minimum Gasteiger partial charge on any atom is -0.493 e. The van der Waals surface area contributed by atoms with Crippen LogP contribution in [0.15, 0.2) is 47.7 Å². The molecule has 31 heavy (non-hydrogen) atoms. The smallest absolute Gasteiger partial charge is 0.225 e. The average molecular weight is 540 g/mol. The van der Waals surface area contributed by atoms with Crippen LogP contribution in [0, 0.1) is 0 Å². The Kier molecular flexibility index (Phi) is 11.4. The molecule has 1 saturated heterocycles. The first-order chi connectivity index (χ1) is 14.8. The third-order valence-corrected chi connectivity index (χ3v) is 4.82. The molecule has 2 heterocycles. The van der Waals surface area contributed by atoms with Crippen molar-refractivity contribution in [3.8, 4) is 5.75 Å². The molecule has 1 fully saturated rings. The number of piperazine rings is 1. The van der Waals surface area contributed by atoms with Crippen LogP contribution >= 0.6 is 24.0 Å². The van der Waals surface area contributed by atoms with E-state index in [9.17, 15) is 0 Å². The fourth-order valence-corrected chi connectivity index (χ4v) is 3.29. The molecule has 0 amide bonds. The molecule has 0 saturated carbocycles. The topological polar surface area (TPSA) is 75.1 Å². The lowest BCUT2D eigenvalue weighted by Crippen LogP contribution is -2.52. The highest BCUT2D eigenvalue weighted by molar-refractivity contribution is 14.0. The molecule has 0 radical (unpaired) electrons. The van der Waals surface area contributed by atoms with Crippen LogP contribution in [0.25, 0.3) is 0 Å². The van der Waals surface area contributed by atoms with Crippen LogP contribution in [-0.2, 0) is 11.3 Å². The molecule has 0 unspecified atom stereocenters. The fourth-order valence-electron chi connectivity index (χ4n) is 3.29. The van der Waals surface area contributed by atoms with Crippen molar-refractivity contribution in [3.05, 3.63) is 48.3 Å². The number of ether oxygens (including phenoxy) is 2. The van der Waals surface area contributed by atoms with Crippen LogP contribution in [0.5, 0.6) is 5.75 Å². The third-order valence-electron chi connectivity index (χ3n) is 4.82. The fraction of sp³-hybridized carbons (Fsp3) is 0.500. The monoisotopic (exact) mass is 540 g/mol. The van der Waals surface area contributed by atoms with Gasteiger partial charge in [-0.15, -0.1) is 24.0 Å². The highest BCUT2D eigenvalue weighted by Crippen LogP contribution is 2.15. The number of methoxy groups -OCH3 is 1. The Hall–Kier alpha value is -2.14. The zero-order valence-electron chi connectivity index (χ0n) is 18.4. The average Bonchev–Trinajstić information content (AvgIpc) is 2.80. The minimum absolute atomic E-state index is 0. The number of hydrogen-bond donors (Lipinski definition) is 1. The molecule has 1 aromatic carbocycles. The van der Waals surface area contributed by atoms with E-state index in [2.05, 4.69) is 44.1 Å². The van der Waals surface area contributed by atoms with Gasteiger partial charge in [-0.05, 0) is 30.7 Å². The zero-order chi connectivity index (χ0) is 21.0. The number of benzene rings is 1. The summed E-state index contributed by atoms with van der Waals surface area (Å²) in [6.07, 6.45) is 4.45. The number of rotatable bonds is 9. The lowest BCUT2D eigenvalue weighted by molar-refractivity contribution is 0.172. The van der Waals surface area contributed by atoms with E-state index < -0.39 is 0 Å². The summed E-state index contributed by atoms with van der Waals surface area (Å²) in [5.74, 6) is 2.61. The number of aliphatic imine (C=N–C) groups is 1. The van der Waals surface area contributed by atoms with Crippen molar-refractivity contribution in [2.24, 2.45) is 4.99 Å². The second kappa shape index (κ2) is 14.0. The predicted octanol–water partition coefficient (Wildman–Crippen LogP) is 2.80. The molecule has 1 N–H and O–H groups in total. The summed E-state index contributed by atoms with van der Waals surface area (Å²) in [6, 6.07) is 9.98. The van der Waals surface area contributed by atoms with Gasteiger partial charge in [0.05, 0.1) is 13.2 Å². The first kappa shape index (κ1) is 25.1. The van der Waals surface area contributed by atoms with Crippen LogP contribution < -0.4 is 15.0 Å². The lowest BCUT2D eigenvalue weighted by Gasteiger charge is -2.36. The van der Waals surface area contributed by atoms with E-state index in [-0.39, 0.29) is 24.0 Å². The van der Waals surface area contributed by atoms with Gasteiger partial charge in [0, 0.05) is 65.3 Å². The van der Waals surface area contributed by atoms with Gasteiger partial charge in [0.1, 0.15) is 5.75 Å². The zero-order valence-corrected chi connectivity index (χ0v) is 20.7. The van der Waals surface area contributed by atoms with Gasteiger partial charge in [-0.25, -0.2) is 15.0 Å². The summed E-state index contributed by atoms with van der Waals surface area (Å²) in [7, 11) is 1.70. The molecule has 170 valence electrons. The molecule has 1 aliphatic heterocycles. The van der Waals surface area contributed by atoms with Crippen molar-refractivity contribution < 1.29 is 9.47 Å². The maximum Gasteiger partial charge on any atom is 0.225 e. The van der Waals surface area contributed by atoms with Crippen molar-refractivity contribution in [1.82, 2.24) is 20.2 Å². The molecule has 0 spiro atoms. The van der Waals surface area contributed by atoms with E-state index in [1.54, 1.807) is 19.5 Å². The molecule has 8 nitrogen and oxygen atoms in total. The van der Waals surface area contributed by atoms with Crippen LogP contribution in [0.1, 0.15) is 18.9 Å². The predicted molar refractivity (Wildman–Crippen MR) is 134 cm³/mol. The quantitative estimate of drug-likeness (QED) is 0.227. The molecule has 0 bridgehead atoms. The Morgan fingerprint density at radius 3 is 2.58 bits per heavy atom. The maximum atomic E-state index is 5.80. The van der Waals surface area contributed by atoms with E-state index in [1.165, 1.54) is 0 Å². The van der Waals surface area contributed by atoms with Crippen LogP contribution in [-0.4, -0.2) is 73.9 Å². The second-order valence-electron chi connectivity index (χ2n) is 7.04. The van der Waals surface area contributed by atoms with E-state index in [1.807, 2.05) is 18.2 Å². The Morgan fingerprint density at radius 2 is 1.87 bits per heavy atom. The van der Waals surface area contributed by atoms with E-state index in [0.29, 0.717) is 19.8 Å². The molecule has 1 aromatic heterocycles. The number of halogens is 1. The maximum absolute atomic E-state index is 5.80. The van der Waals surface area contributed by atoms with Gasteiger partial charge in [-0.1, -0.05) is 12.1 Å². The number of guanidine groups is 1. The second-order valence-corrected chi connectivity index (χ2v) is 7.04. The van der Waals surface area contributed by atoms with Crippen LogP contribution in [0.2, 0.25) is 0 Å². The van der Waals surface area contributed by atoms with Crippen molar-refractivity contribution in [1.29, 1.82) is 0 Å². The molecular formula is C22H33IN6O2. The van der Waals surface area contributed by atoms with Gasteiger partial charge in [0.25, 0.3) is 0 Å². The van der Waals surface area contributed by atoms with Crippen molar-refractivity contribution in [2.75, 3.05) is 57.9 Å². The standard InChI is InChI=1S/C22H32N6O2.HI/c1-3-23-21(27-11-13-28(14-12-27)22-24-9-5-10-25-22)26-18-19-7-4-8-20(17-19)30-16-6-15-29-2;/h4-5,7-10,17H,3,6,11-16,18H2,1-2H3,(H,23,26);1H. The highest BCUT2D eigenvalue weighted by Gasteiger charge is 2.21. The van der Waals surface area contributed by atoms with Gasteiger partial charge in [0.15, 0.2) is 5.96 Å². The Balaban J connectivity index is 0.00000341. The number of aromatic nitrogens is 2. The van der Waals surface area contributed by atoms with Crippen molar-refractivity contribution >= 4 is 35.9 Å². The largest absolute Gasteiger partial charge is 0.493 e. The SMILES string of the molecule is CCNC(=NCc1cccc(OCCCOC)c1)N1CCN(c2ncccn2)CC1.I. The molecule has 3 rings (SSSR count). The Labute approximate surface area is 202 Å². The van der Waals surface area contributed by atoms with Gasteiger partial charge >= 0.3 is 0 Å². The molecule has 1 aliphatic rings. The summed E-state index contributed by atoms with van der Waals surface area (Å²) >= 11 is 0. The van der Waals surface area contributed by atoms with E-state index in [4.69, 9.17) is 14.5 Å². The number of nitrogens with zero attached hydrogens (tertiary/aromatic N) is 5. The summed E-state index contributed by atoms with van der Waals surface area (Å²) in [5, 5.41) is 3.42. The van der Waals surface area contributed by atoms with Gasteiger partial charge in [0.2, 0.25) is 5.95 Å². The van der Waals surface area contributed by atoms with E-state index in [0.717, 1.165) is 62.4 Å². The number of hydrogen-bond acceptors (Lipinski definition) is 6. The number of nitrogens with one attached hydrogen (secondary N) is 1. The summed E-state index contributed by atoms with van der Waals surface area (Å²) in [4.78, 5) is 18.1. The van der Waals surface area contributed by atoms with Crippen LogP contribution in [0.3, 0.4) is 0 Å². The first-order valence-corrected chi connectivity index (χ1v) is 10.6. The van der Waals surface area contributed by atoms with Gasteiger partial charge in [-0.3, -0.25) is 0 Å². The normalized spacial score (nSPS) is 14.2. The molecule has 9 heteroatoms. The van der Waals surface area contributed by atoms with Gasteiger partial charge in [-0.2, -0.15) is 0 Å².